The molecule has 0 spiro atoms. The number of benzene rings is 1. The molecule has 1 aliphatic rings. The van der Waals surface area contributed by atoms with Crippen molar-refractivity contribution in [3.63, 3.8) is 0 Å². The van der Waals surface area contributed by atoms with E-state index in [0.717, 1.165) is 25.9 Å². The minimum Gasteiger partial charge on any atom is -0.317 e. The van der Waals surface area contributed by atoms with Crippen LogP contribution in [-0.2, 0) is 10.0 Å². The molecule has 1 N–H and O–H groups in total. The van der Waals surface area contributed by atoms with Gasteiger partial charge in [-0.25, -0.2) is 8.42 Å². The fraction of sp³-hybridized carbons (Fsp3) is 0.600. The number of nitro groups is 1. The van der Waals surface area contributed by atoms with Gasteiger partial charge in [0, 0.05) is 24.7 Å². The van der Waals surface area contributed by atoms with Crippen molar-refractivity contribution >= 4 is 28.1 Å². The Morgan fingerprint density at radius 1 is 1.33 bits per heavy atom. The Kier molecular flexibility index (Phi) is 7.59. The fourth-order valence-electron chi connectivity index (χ4n) is 2.84. The minimum atomic E-state index is -3.58. The van der Waals surface area contributed by atoms with Crippen molar-refractivity contribution in [3.8, 4) is 0 Å². The average Bonchev–Trinajstić information content (AvgIpc) is 2.52. The van der Waals surface area contributed by atoms with Gasteiger partial charge in [-0.2, -0.15) is 4.31 Å². The second-order valence-corrected chi connectivity index (χ2v) is 7.80. The second kappa shape index (κ2) is 8.75. The van der Waals surface area contributed by atoms with Gasteiger partial charge in [-0.15, -0.1) is 12.4 Å². The van der Waals surface area contributed by atoms with Crippen LogP contribution in [0, 0.1) is 23.0 Å². The van der Waals surface area contributed by atoms with Crippen molar-refractivity contribution in [2.24, 2.45) is 5.92 Å². The van der Waals surface area contributed by atoms with Crippen molar-refractivity contribution in [3.05, 3.63) is 33.9 Å². The Balaban J connectivity index is 0.00000288. The zero-order valence-corrected chi connectivity index (χ0v) is 15.5. The Morgan fingerprint density at radius 2 is 1.96 bits per heavy atom. The second-order valence-electron chi connectivity index (χ2n) is 5.86. The van der Waals surface area contributed by atoms with Gasteiger partial charge in [-0.1, -0.05) is 6.92 Å². The first-order valence-corrected chi connectivity index (χ1v) is 9.26. The van der Waals surface area contributed by atoms with E-state index in [1.807, 2.05) is 0 Å². The highest BCUT2D eigenvalue weighted by atomic mass is 35.5. The monoisotopic (exact) mass is 377 g/mol. The van der Waals surface area contributed by atoms with Gasteiger partial charge >= 0.3 is 0 Å². The number of nitro benzene ring substituents is 1. The van der Waals surface area contributed by atoms with Crippen LogP contribution in [0.1, 0.15) is 25.3 Å². The first kappa shape index (κ1) is 20.8. The smallest absolute Gasteiger partial charge is 0.272 e. The lowest BCUT2D eigenvalue weighted by atomic mass is 9.98. The summed E-state index contributed by atoms with van der Waals surface area (Å²) in [4.78, 5) is 10.5. The molecular formula is C15H24ClN3O4S. The number of rotatable bonds is 6. The summed E-state index contributed by atoms with van der Waals surface area (Å²) in [5.74, 6) is 0.500. The molecule has 2 rings (SSSR count). The number of piperidine rings is 1. The first-order valence-electron chi connectivity index (χ1n) is 7.82. The van der Waals surface area contributed by atoms with E-state index in [-0.39, 0.29) is 23.0 Å². The SMILES string of the molecule is CCNCC1CCN(S(=O)(=O)c2ccc([N+](=O)[O-])c(C)c2)CC1.Cl. The predicted octanol–water partition coefficient (Wildman–Crippen LogP) is 2.34. The summed E-state index contributed by atoms with van der Waals surface area (Å²) in [6.45, 7) is 6.43. The molecule has 24 heavy (non-hydrogen) atoms. The molecule has 0 amide bonds. The maximum absolute atomic E-state index is 12.7. The number of sulfonamides is 1. The summed E-state index contributed by atoms with van der Waals surface area (Å²) in [6, 6.07) is 3.98. The maximum Gasteiger partial charge on any atom is 0.272 e. The van der Waals surface area contributed by atoms with E-state index in [1.54, 1.807) is 6.92 Å². The molecule has 0 saturated carbocycles. The number of halogens is 1. The van der Waals surface area contributed by atoms with E-state index in [1.165, 1.54) is 22.5 Å². The van der Waals surface area contributed by atoms with Crippen LogP contribution >= 0.6 is 12.4 Å². The lowest BCUT2D eigenvalue weighted by molar-refractivity contribution is -0.385. The summed E-state index contributed by atoms with van der Waals surface area (Å²) in [5.41, 5.74) is 0.298. The molecule has 0 bridgehead atoms. The molecule has 1 aliphatic heterocycles. The molecule has 1 saturated heterocycles. The van der Waals surface area contributed by atoms with Gasteiger partial charge in [-0.3, -0.25) is 10.1 Å². The minimum absolute atomic E-state index is 0. The van der Waals surface area contributed by atoms with Crippen molar-refractivity contribution < 1.29 is 13.3 Å². The zero-order valence-electron chi connectivity index (χ0n) is 13.9. The Labute approximate surface area is 149 Å². The summed E-state index contributed by atoms with van der Waals surface area (Å²) >= 11 is 0. The molecule has 9 heteroatoms. The normalized spacial score (nSPS) is 16.6. The van der Waals surface area contributed by atoms with Gasteiger partial charge < -0.3 is 5.32 Å². The summed E-state index contributed by atoms with van der Waals surface area (Å²) in [7, 11) is -3.58. The molecule has 7 nitrogen and oxygen atoms in total. The van der Waals surface area contributed by atoms with Crippen molar-refractivity contribution in [1.82, 2.24) is 9.62 Å². The third-order valence-corrected chi connectivity index (χ3v) is 6.15. The van der Waals surface area contributed by atoms with Crippen LogP contribution < -0.4 is 5.32 Å². The largest absolute Gasteiger partial charge is 0.317 e. The van der Waals surface area contributed by atoms with E-state index in [4.69, 9.17) is 0 Å². The third-order valence-electron chi connectivity index (χ3n) is 4.26. The number of hydrogen-bond donors (Lipinski definition) is 1. The lowest BCUT2D eigenvalue weighted by Crippen LogP contribution is -2.40. The van der Waals surface area contributed by atoms with Crippen LogP contribution in [0.15, 0.2) is 23.1 Å². The maximum atomic E-state index is 12.7. The molecule has 1 heterocycles. The first-order chi connectivity index (χ1) is 10.9. The molecule has 0 aromatic heterocycles. The molecule has 0 radical (unpaired) electrons. The predicted molar refractivity (Wildman–Crippen MR) is 95.1 cm³/mol. The lowest BCUT2D eigenvalue weighted by Gasteiger charge is -2.31. The highest BCUT2D eigenvalue weighted by Crippen LogP contribution is 2.26. The fourth-order valence-corrected chi connectivity index (χ4v) is 4.40. The summed E-state index contributed by atoms with van der Waals surface area (Å²) < 4.78 is 26.8. The molecule has 1 aromatic rings. The van der Waals surface area contributed by atoms with Crippen molar-refractivity contribution in [1.29, 1.82) is 0 Å². The van der Waals surface area contributed by atoms with Crippen LogP contribution in [0.2, 0.25) is 0 Å². The number of nitrogens with zero attached hydrogens (tertiary/aromatic N) is 2. The summed E-state index contributed by atoms with van der Waals surface area (Å²) in [6.07, 6.45) is 1.66. The van der Waals surface area contributed by atoms with Crippen LogP contribution in [-0.4, -0.2) is 43.8 Å². The molecule has 0 unspecified atom stereocenters. The van der Waals surface area contributed by atoms with Gasteiger partial charge in [0.2, 0.25) is 10.0 Å². The van der Waals surface area contributed by atoms with E-state index in [2.05, 4.69) is 12.2 Å². The Morgan fingerprint density at radius 3 is 2.46 bits per heavy atom. The third kappa shape index (κ3) is 4.66. The van der Waals surface area contributed by atoms with Gasteiger partial charge in [0.15, 0.2) is 0 Å². The topological polar surface area (TPSA) is 92.6 Å². The highest BCUT2D eigenvalue weighted by Gasteiger charge is 2.30. The molecule has 136 valence electrons. The van der Waals surface area contributed by atoms with Gasteiger partial charge in [-0.05, 0) is 50.9 Å². The average molecular weight is 378 g/mol. The summed E-state index contributed by atoms with van der Waals surface area (Å²) in [5, 5.41) is 14.1. The quantitative estimate of drug-likeness (QED) is 0.606. The molecule has 0 atom stereocenters. The van der Waals surface area contributed by atoms with Gasteiger partial charge in [0.1, 0.15) is 0 Å². The van der Waals surface area contributed by atoms with Crippen LogP contribution in [0.5, 0.6) is 0 Å². The highest BCUT2D eigenvalue weighted by molar-refractivity contribution is 7.89. The number of hydrogen-bond acceptors (Lipinski definition) is 5. The van der Waals surface area contributed by atoms with E-state index in [9.17, 15) is 18.5 Å². The van der Waals surface area contributed by atoms with Gasteiger partial charge in [0.05, 0.1) is 9.82 Å². The molecule has 0 aliphatic carbocycles. The van der Waals surface area contributed by atoms with Crippen molar-refractivity contribution in [2.75, 3.05) is 26.2 Å². The van der Waals surface area contributed by atoms with E-state index < -0.39 is 14.9 Å². The zero-order chi connectivity index (χ0) is 17.0. The molecular weight excluding hydrogens is 354 g/mol. The Bertz CT molecular complexity index is 673. The number of nitrogens with one attached hydrogen (secondary N) is 1. The van der Waals surface area contributed by atoms with E-state index >= 15 is 0 Å². The van der Waals surface area contributed by atoms with Crippen molar-refractivity contribution in [2.45, 2.75) is 31.6 Å². The number of aryl methyl sites for hydroxylation is 1. The van der Waals surface area contributed by atoms with Gasteiger partial charge in [0.25, 0.3) is 5.69 Å². The van der Waals surface area contributed by atoms with Crippen LogP contribution in [0.3, 0.4) is 0 Å². The van der Waals surface area contributed by atoms with E-state index in [0.29, 0.717) is 24.6 Å². The Hall–Kier alpha value is -1.22. The molecule has 1 fully saturated rings. The van der Waals surface area contributed by atoms with Crippen LogP contribution in [0.25, 0.3) is 0 Å². The molecule has 1 aromatic carbocycles. The van der Waals surface area contributed by atoms with Crippen LogP contribution in [0.4, 0.5) is 5.69 Å². The standard InChI is InChI=1S/C15H23N3O4S.ClH/c1-3-16-11-13-6-8-17(9-7-13)23(21,22)14-4-5-15(18(19)20)12(2)10-14;/h4-5,10,13,16H,3,6-9,11H2,1-2H3;1H.